The Bertz CT molecular complexity index is 221. The van der Waals surface area contributed by atoms with Crippen LogP contribution in [0.5, 0.6) is 0 Å². The molecule has 5 heteroatoms. The van der Waals surface area contributed by atoms with Crippen LogP contribution in [0.3, 0.4) is 0 Å². The molecule has 0 radical (unpaired) electrons. The minimum Gasteiger partial charge on any atom is -0.481 e. The summed E-state index contributed by atoms with van der Waals surface area (Å²) in [5, 5.41) is 11.3. The van der Waals surface area contributed by atoms with Crippen LogP contribution in [0.1, 0.15) is 12.8 Å². The van der Waals surface area contributed by atoms with E-state index in [2.05, 4.69) is 5.32 Å². The minimum absolute atomic E-state index is 0.0380. The Labute approximate surface area is 76.7 Å². The highest BCUT2D eigenvalue weighted by Gasteiger charge is 2.35. The second-order valence-electron chi connectivity index (χ2n) is 3.55. The van der Waals surface area contributed by atoms with E-state index in [0.29, 0.717) is 12.8 Å². The molecule has 74 valence electrons. The van der Waals surface area contributed by atoms with Crippen molar-refractivity contribution >= 4 is 12.0 Å². The zero-order chi connectivity index (χ0) is 10.0. The normalized spacial score (nSPS) is 26.0. The summed E-state index contributed by atoms with van der Waals surface area (Å²) in [6.45, 7) is 0. The fraction of sp³-hybridized carbons (Fsp3) is 0.750. The first-order valence-corrected chi connectivity index (χ1v) is 4.21. The third-order valence-corrected chi connectivity index (χ3v) is 2.22. The van der Waals surface area contributed by atoms with Gasteiger partial charge in [0.2, 0.25) is 0 Å². The summed E-state index contributed by atoms with van der Waals surface area (Å²) in [7, 11) is 3.31. The molecule has 1 fully saturated rings. The van der Waals surface area contributed by atoms with Gasteiger partial charge in [0.1, 0.15) is 0 Å². The lowest BCUT2D eigenvalue weighted by molar-refractivity contribution is -0.145. The third-order valence-electron chi connectivity index (χ3n) is 2.22. The molecule has 1 aliphatic rings. The molecular formula is C8H14N2O3. The van der Waals surface area contributed by atoms with Crippen molar-refractivity contribution in [1.29, 1.82) is 0 Å². The monoisotopic (exact) mass is 186 g/mol. The molecule has 1 aliphatic carbocycles. The average molecular weight is 186 g/mol. The van der Waals surface area contributed by atoms with Gasteiger partial charge in [-0.2, -0.15) is 0 Å². The first kappa shape index (κ1) is 9.83. The number of carbonyl (C=O) groups excluding carboxylic acids is 1. The topological polar surface area (TPSA) is 69.6 Å². The Morgan fingerprint density at radius 3 is 2.31 bits per heavy atom. The van der Waals surface area contributed by atoms with E-state index < -0.39 is 5.97 Å². The molecule has 0 aromatic rings. The van der Waals surface area contributed by atoms with Crippen LogP contribution in [0.15, 0.2) is 0 Å². The SMILES string of the molecule is CN(C)C(=O)NC1CC(C(=O)O)C1. The summed E-state index contributed by atoms with van der Waals surface area (Å²) >= 11 is 0. The van der Waals surface area contributed by atoms with Crippen molar-refractivity contribution in [1.82, 2.24) is 10.2 Å². The maximum Gasteiger partial charge on any atom is 0.317 e. The van der Waals surface area contributed by atoms with Gasteiger partial charge in [-0.15, -0.1) is 0 Å². The molecule has 0 atom stereocenters. The molecule has 0 heterocycles. The second-order valence-corrected chi connectivity index (χ2v) is 3.55. The van der Waals surface area contributed by atoms with Gasteiger partial charge in [-0.1, -0.05) is 0 Å². The van der Waals surface area contributed by atoms with Gasteiger partial charge in [0.25, 0.3) is 0 Å². The van der Waals surface area contributed by atoms with E-state index in [-0.39, 0.29) is 18.0 Å². The summed E-state index contributed by atoms with van der Waals surface area (Å²) in [5.74, 6) is -1.04. The average Bonchev–Trinajstić information content (AvgIpc) is 1.94. The van der Waals surface area contributed by atoms with Crippen LogP contribution in [0.25, 0.3) is 0 Å². The molecule has 2 N–H and O–H groups in total. The Balaban J connectivity index is 2.22. The van der Waals surface area contributed by atoms with Crippen LogP contribution in [-0.2, 0) is 4.79 Å². The Morgan fingerprint density at radius 2 is 1.92 bits per heavy atom. The van der Waals surface area contributed by atoms with Crippen molar-refractivity contribution in [3.05, 3.63) is 0 Å². The molecule has 0 unspecified atom stereocenters. The number of amides is 2. The molecule has 1 rings (SSSR count). The molecule has 0 spiro atoms. The van der Waals surface area contributed by atoms with E-state index >= 15 is 0 Å². The lowest BCUT2D eigenvalue weighted by atomic mass is 9.80. The second kappa shape index (κ2) is 3.64. The lowest BCUT2D eigenvalue weighted by Crippen LogP contribution is -2.49. The number of carboxylic acid groups (broad SMARTS) is 1. The van der Waals surface area contributed by atoms with E-state index in [0.717, 1.165) is 0 Å². The van der Waals surface area contributed by atoms with Gasteiger partial charge >= 0.3 is 12.0 Å². The summed E-state index contributed by atoms with van der Waals surface area (Å²) in [6.07, 6.45) is 1.10. The predicted molar refractivity (Wildman–Crippen MR) is 46.4 cm³/mol. The summed E-state index contributed by atoms with van der Waals surface area (Å²) in [6, 6.07) is -0.121. The largest absolute Gasteiger partial charge is 0.481 e. The maximum atomic E-state index is 11.1. The van der Waals surface area contributed by atoms with Crippen molar-refractivity contribution < 1.29 is 14.7 Å². The van der Waals surface area contributed by atoms with E-state index in [1.165, 1.54) is 4.90 Å². The maximum absolute atomic E-state index is 11.1. The van der Waals surface area contributed by atoms with Crippen LogP contribution < -0.4 is 5.32 Å². The van der Waals surface area contributed by atoms with Crippen molar-refractivity contribution in [2.45, 2.75) is 18.9 Å². The zero-order valence-electron chi connectivity index (χ0n) is 7.78. The first-order valence-electron chi connectivity index (χ1n) is 4.21. The van der Waals surface area contributed by atoms with Crippen LogP contribution in [-0.4, -0.2) is 42.1 Å². The van der Waals surface area contributed by atoms with Crippen LogP contribution in [0.2, 0.25) is 0 Å². The first-order chi connectivity index (χ1) is 6.00. The number of urea groups is 1. The molecule has 0 aliphatic heterocycles. The summed E-state index contributed by atoms with van der Waals surface area (Å²) < 4.78 is 0. The molecule has 0 aromatic carbocycles. The molecule has 1 saturated carbocycles. The van der Waals surface area contributed by atoms with Gasteiger partial charge in [0.05, 0.1) is 5.92 Å². The molecule has 13 heavy (non-hydrogen) atoms. The standard InChI is InChI=1S/C8H14N2O3/c1-10(2)8(13)9-6-3-5(4-6)7(11)12/h5-6H,3-4H2,1-2H3,(H,9,13)(H,11,12). The fourth-order valence-corrected chi connectivity index (χ4v) is 1.24. The number of hydrogen-bond donors (Lipinski definition) is 2. The smallest absolute Gasteiger partial charge is 0.317 e. The Morgan fingerprint density at radius 1 is 1.38 bits per heavy atom. The summed E-state index contributed by atoms with van der Waals surface area (Å²) in [5.41, 5.74) is 0. The van der Waals surface area contributed by atoms with Crippen LogP contribution in [0, 0.1) is 5.92 Å². The zero-order valence-corrected chi connectivity index (χ0v) is 7.78. The highest BCUT2D eigenvalue weighted by atomic mass is 16.4. The van der Waals surface area contributed by atoms with Crippen LogP contribution in [0.4, 0.5) is 4.79 Å². The Kier molecular flexibility index (Phi) is 2.75. The van der Waals surface area contributed by atoms with Gasteiger partial charge < -0.3 is 15.3 Å². The number of nitrogens with zero attached hydrogens (tertiary/aromatic N) is 1. The highest BCUT2D eigenvalue weighted by Crippen LogP contribution is 2.27. The van der Waals surface area contributed by atoms with E-state index in [9.17, 15) is 9.59 Å². The van der Waals surface area contributed by atoms with Gasteiger partial charge in [-0.25, -0.2) is 4.79 Å². The van der Waals surface area contributed by atoms with Gasteiger partial charge in [-0.05, 0) is 12.8 Å². The molecule has 2 amide bonds. The number of hydrogen-bond acceptors (Lipinski definition) is 2. The number of carbonyl (C=O) groups is 2. The molecule has 0 aromatic heterocycles. The van der Waals surface area contributed by atoms with Crippen molar-refractivity contribution in [2.75, 3.05) is 14.1 Å². The molecule has 0 saturated heterocycles. The van der Waals surface area contributed by atoms with E-state index in [1.807, 2.05) is 0 Å². The molecular weight excluding hydrogens is 172 g/mol. The van der Waals surface area contributed by atoms with Gasteiger partial charge in [-0.3, -0.25) is 4.79 Å². The predicted octanol–water partition coefficient (Wildman–Crippen LogP) is 0.121. The number of nitrogens with one attached hydrogen (secondary N) is 1. The van der Waals surface area contributed by atoms with Crippen molar-refractivity contribution in [2.24, 2.45) is 5.92 Å². The van der Waals surface area contributed by atoms with Crippen molar-refractivity contribution in [3.8, 4) is 0 Å². The number of rotatable bonds is 2. The molecule has 5 nitrogen and oxygen atoms in total. The third kappa shape index (κ3) is 2.34. The van der Waals surface area contributed by atoms with Gasteiger partial charge in [0.15, 0.2) is 0 Å². The minimum atomic E-state index is -0.768. The van der Waals surface area contributed by atoms with Crippen LogP contribution >= 0.6 is 0 Å². The van der Waals surface area contributed by atoms with E-state index in [4.69, 9.17) is 5.11 Å². The summed E-state index contributed by atoms with van der Waals surface area (Å²) in [4.78, 5) is 23.0. The fourth-order valence-electron chi connectivity index (χ4n) is 1.24. The molecule has 0 bridgehead atoms. The van der Waals surface area contributed by atoms with Gasteiger partial charge in [0, 0.05) is 20.1 Å². The van der Waals surface area contributed by atoms with Crippen molar-refractivity contribution in [3.63, 3.8) is 0 Å². The number of carboxylic acids is 1. The highest BCUT2D eigenvalue weighted by molar-refractivity contribution is 5.75. The lowest BCUT2D eigenvalue weighted by Gasteiger charge is -2.33. The number of aliphatic carboxylic acids is 1. The van der Waals surface area contributed by atoms with E-state index in [1.54, 1.807) is 14.1 Å². The quantitative estimate of drug-likeness (QED) is 0.643. The Hall–Kier alpha value is -1.26.